The van der Waals surface area contributed by atoms with Crippen LogP contribution in [0.2, 0.25) is 0 Å². The molecule has 2 aromatic heterocycles. The van der Waals surface area contributed by atoms with Crippen molar-refractivity contribution in [2.75, 3.05) is 25.2 Å². The number of hydrogen-bond acceptors (Lipinski definition) is 5. The summed E-state index contributed by atoms with van der Waals surface area (Å²) in [4.78, 5) is 29.7. The van der Waals surface area contributed by atoms with Gasteiger partial charge in [-0.25, -0.2) is 0 Å². The van der Waals surface area contributed by atoms with Crippen LogP contribution in [0.5, 0.6) is 0 Å². The van der Waals surface area contributed by atoms with E-state index in [1.807, 2.05) is 55.6 Å². The molecule has 0 aliphatic carbocycles. The summed E-state index contributed by atoms with van der Waals surface area (Å²) in [6.07, 6.45) is 0. The maximum absolute atomic E-state index is 13.8. The zero-order chi connectivity index (χ0) is 22.2. The van der Waals surface area contributed by atoms with Gasteiger partial charge in [-0.15, -0.1) is 11.3 Å². The number of rotatable bonds is 6. The highest BCUT2D eigenvalue weighted by atomic mass is 32.1. The molecule has 0 bridgehead atoms. The maximum Gasteiger partial charge on any atom is 0.277 e. The van der Waals surface area contributed by atoms with E-state index < -0.39 is 5.54 Å². The van der Waals surface area contributed by atoms with Crippen molar-refractivity contribution in [3.63, 3.8) is 0 Å². The van der Waals surface area contributed by atoms with Crippen LogP contribution in [0.3, 0.4) is 0 Å². The van der Waals surface area contributed by atoms with Gasteiger partial charge in [0.2, 0.25) is 5.91 Å². The van der Waals surface area contributed by atoms with Crippen molar-refractivity contribution >= 4 is 28.8 Å². The number of hydrogen-bond donors (Lipinski definition) is 1. The third-order valence-corrected chi connectivity index (χ3v) is 6.49. The normalized spacial score (nSPS) is 18.2. The fourth-order valence-electron chi connectivity index (χ4n) is 4.02. The number of nitrogens with zero attached hydrogens (tertiary/aromatic N) is 3. The molecule has 1 aliphatic rings. The summed E-state index contributed by atoms with van der Waals surface area (Å²) in [7, 11) is 1.59. The molecule has 3 aromatic rings. The summed E-state index contributed by atoms with van der Waals surface area (Å²) in [6.45, 7) is 6.78. The molecule has 3 heterocycles. The largest absolute Gasteiger partial charge is 0.383 e. The van der Waals surface area contributed by atoms with Crippen molar-refractivity contribution in [1.29, 1.82) is 0 Å². The lowest BCUT2D eigenvalue weighted by Gasteiger charge is -2.43. The molecule has 8 heteroatoms. The van der Waals surface area contributed by atoms with Crippen molar-refractivity contribution in [2.45, 2.75) is 32.9 Å². The Morgan fingerprint density at radius 2 is 2.10 bits per heavy atom. The molecule has 0 unspecified atom stereocenters. The number of carbonyl (C=O) groups is 2. The molecule has 0 radical (unpaired) electrons. The summed E-state index contributed by atoms with van der Waals surface area (Å²) in [6, 6.07) is 11.6. The Morgan fingerprint density at radius 3 is 2.77 bits per heavy atom. The average molecular weight is 439 g/mol. The predicted octanol–water partition coefficient (Wildman–Crippen LogP) is 3.41. The summed E-state index contributed by atoms with van der Waals surface area (Å²) in [5, 5.41) is 9.55. The highest BCUT2D eigenvalue weighted by Crippen LogP contribution is 2.36. The highest BCUT2D eigenvalue weighted by Gasteiger charge is 2.49. The summed E-state index contributed by atoms with van der Waals surface area (Å²) in [5.41, 5.74) is 2.84. The number of aromatic nitrogens is 2. The van der Waals surface area contributed by atoms with E-state index in [1.54, 1.807) is 35.0 Å². The third kappa shape index (κ3) is 3.77. The van der Waals surface area contributed by atoms with Crippen LogP contribution in [0.25, 0.3) is 10.6 Å². The van der Waals surface area contributed by atoms with Crippen LogP contribution >= 0.6 is 11.3 Å². The molecule has 1 atom stereocenters. The number of methoxy groups -OCH3 is 1. The molecule has 0 saturated heterocycles. The monoisotopic (exact) mass is 438 g/mol. The number of amides is 2. The van der Waals surface area contributed by atoms with Gasteiger partial charge in [0.05, 0.1) is 18.0 Å². The van der Waals surface area contributed by atoms with E-state index >= 15 is 0 Å². The van der Waals surface area contributed by atoms with Crippen molar-refractivity contribution in [3.05, 3.63) is 58.6 Å². The Morgan fingerprint density at radius 1 is 1.29 bits per heavy atom. The first-order chi connectivity index (χ1) is 14.8. The van der Waals surface area contributed by atoms with Gasteiger partial charge in [-0.1, -0.05) is 23.8 Å². The van der Waals surface area contributed by atoms with Gasteiger partial charge in [0.1, 0.15) is 16.9 Å². The first-order valence-electron chi connectivity index (χ1n) is 10.2. The molecular weight excluding hydrogens is 412 g/mol. The van der Waals surface area contributed by atoms with E-state index in [9.17, 15) is 9.59 Å². The minimum absolute atomic E-state index is 0.238. The molecule has 31 heavy (non-hydrogen) atoms. The fraction of sp³-hybridized carbons (Fsp3) is 0.348. The quantitative estimate of drug-likeness (QED) is 0.599. The molecule has 0 fully saturated rings. The Labute approximate surface area is 185 Å². The molecule has 4 rings (SSSR count). The smallest absolute Gasteiger partial charge is 0.277 e. The minimum Gasteiger partial charge on any atom is -0.383 e. The van der Waals surface area contributed by atoms with Gasteiger partial charge in [-0.3, -0.25) is 19.2 Å². The van der Waals surface area contributed by atoms with Gasteiger partial charge < -0.3 is 10.1 Å². The lowest BCUT2D eigenvalue weighted by atomic mass is 9.93. The number of fused-ring (bicyclic) bond motifs is 1. The molecule has 2 amide bonds. The van der Waals surface area contributed by atoms with Crippen molar-refractivity contribution < 1.29 is 14.3 Å². The number of ether oxygens (including phenoxy) is 1. The highest BCUT2D eigenvalue weighted by molar-refractivity contribution is 7.13. The minimum atomic E-state index is -1.14. The van der Waals surface area contributed by atoms with Crippen LogP contribution < -0.4 is 10.2 Å². The number of carbonyl (C=O) groups excluding carboxylic acids is 2. The van der Waals surface area contributed by atoms with Gasteiger partial charge in [-0.05, 0) is 49.9 Å². The molecule has 0 saturated carbocycles. The molecule has 7 nitrogen and oxygen atoms in total. The van der Waals surface area contributed by atoms with Crippen LogP contribution in [-0.4, -0.2) is 47.4 Å². The number of benzene rings is 1. The Kier molecular flexibility index (Phi) is 5.68. The van der Waals surface area contributed by atoms with E-state index in [2.05, 4.69) is 10.4 Å². The molecule has 162 valence electrons. The summed E-state index contributed by atoms with van der Waals surface area (Å²) >= 11 is 1.57. The first kappa shape index (κ1) is 21.3. The van der Waals surface area contributed by atoms with Crippen molar-refractivity contribution in [1.82, 2.24) is 15.1 Å². The lowest BCUT2D eigenvalue weighted by Crippen LogP contribution is -2.65. The standard InChI is InChI=1S/C23H26N4O3S/c1-15-7-8-18(16(2)12-15)27-21(28)19-13-17(20-6-5-11-31-20)25-26(19)14-23(27,3)22(29)24-9-10-30-4/h5-8,11-13H,9-10,14H2,1-4H3,(H,24,29)/t23-/m0/s1. The first-order valence-corrected chi connectivity index (χ1v) is 11.0. The molecule has 0 spiro atoms. The SMILES string of the molecule is COCCNC(=O)[C@]1(C)Cn2nc(-c3cccs3)cc2C(=O)N1c1ccc(C)cc1C. The molecule has 1 N–H and O–H groups in total. The van der Waals surface area contributed by atoms with E-state index in [-0.39, 0.29) is 18.4 Å². The number of thiophene rings is 1. The molecule has 1 aliphatic heterocycles. The average Bonchev–Trinajstić information content (AvgIpc) is 3.39. The summed E-state index contributed by atoms with van der Waals surface area (Å²) < 4.78 is 6.73. The van der Waals surface area contributed by atoms with Crippen molar-refractivity contribution in [3.8, 4) is 10.6 Å². The Balaban J connectivity index is 1.81. The van der Waals surface area contributed by atoms with Gasteiger partial charge in [0.25, 0.3) is 5.91 Å². The third-order valence-electron chi connectivity index (χ3n) is 5.60. The second-order valence-corrected chi connectivity index (χ2v) is 8.95. The van der Waals surface area contributed by atoms with Gasteiger partial charge in [-0.2, -0.15) is 5.10 Å². The fourth-order valence-corrected chi connectivity index (χ4v) is 4.70. The van der Waals surface area contributed by atoms with E-state index in [1.165, 1.54) is 0 Å². The van der Waals surface area contributed by atoms with Crippen LogP contribution in [0.15, 0.2) is 41.8 Å². The van der Waals surface area contributed by atoms with Crippen LogP contribution in [0.4, 0.5) is 5.69 Å². The van der Waals surface area contributed by atoms with E-state index in [0.717, 1.165) is 27.4 Å². The van der Waals surface area contributed by atoms with E-state index in [4.69, 9.17) is 4.74 Å². The van der Waals surface area contributed by atoms with Gasteiger partial charge in [0.15, 0.2) is 0 Å². The number of nitrogens with one attached hydrogen (secondary N) is 1. The second-order valence-electron chi connectivity index (χ2n) is 8.00. The van der Waals surface area contributed by atoms with Crippen molar-refractivity contribution in [2.24, 2.45) is 0 Å². The molecular formula is C23H26N4O3S. The lowest BCUT2D eigenvalue weighted by molar-refractivity contribution is -0.126. The second kappa shape index (κ2) is 8.28. The number of anilines is 1. The topological polar surface area (TPSA) is 76.5 Å². The summed E-state index contributed by atoms with van der Waals surface area (Å²) in [5.74, 6) is -0.477. The van der Waals surface area contributed by atoms with Gasteiger partial charge in [0, 0.05) is 19.3 Å². The van der Waals surface area contributed by atoms with Crippen LogP contribution in [-0.2, 0) is 16.1 Å². The van der Waals surface area contributed by atoms with Gasteiger partial charge >= 0.3 is 0 Å². The van der Waals surface area contributed by atoms with E-state index in [0.29, 0.717) is 18.8 Å². The number of aryl methyl sites for hydroxylation is 2. The maximum atomic E-state index is 13.8. The van der Waals surface area contributed by atoms with Crippen LogP contribution in [0, 0.1) is 13.8 Å². The predicted molar refractivity (Wildman–Crippen MR) is 122 cm³/mol. The zero-order valence-corrected chi connectivity index (χ0v) is 19.0. The molecule has 1 aromatic carbocycles. The Hall–Kier alpha value is -2.97. The van der Waals surface area contributed by atoms with Crippen LogP contribution in [0.1, 0.15) is 28.5 Å². The Bertz CT molecular complexity index is 1120. The zero-order valence-electron chi connectivity index (χ0n) is 18.1.